The standard InChI is InChI=1S/C25H23N3O2S/c1-4-30-25(29)20-15-26-24-19(12-11-17(3)27-24)23(20)28-21-14-16(2)10-13-22(21)31-18-8-6-5-7-9-18/h5-15H,4H2,1-3H3,(H,26,27,28). The van der Waals surface area contributed by atoms with Gasteiger partial charge in [0.25, 0.3) is 0 Å². The van der Waals surface area contributed by atoms with Crippen molar-refractivity contribution in [2.75, 3.05) is 11.9 Å². The van der Waals surface area contributed by atoms with E-state index in [4.69, 9.17) is 4.74 Å². The van der Waals surface area contributed by atoms with Gasteiger partial charge in [-0.15, -0.1) is 0 Å². The fourth-order valence-electron chi connectivity index (χ4n) is 3.25. The lowest BCUT2D eigenvalue weighted by molar-refractivity contribution is 0.0527. The minimum absolute atomic E-state index is 0.294. The number of hydrogen-bond donors (Lipinski definition) is 1. The summed E-state index contributed by atoms with van der Waals surface area (Å²) in [6, 6.07) is 20.3. The first-order chi connectivity index (χ1) is 15.0. The van der Waals surface area contributed by atoms with E-state index in [1.807, 2.05) is 44.2 Å². The molecule has 0 saturated carbocycles. The minimum Gasteiger partial charge on any atom is -0.462 e. The van der Waals surface area contributed by atoms with Crippen molar-refractivity contribution >= 4 is 40.1 Å². The number of benzene rings is 2. The van der Waals surface area contributed by atoms with Gasteiger partial charge in [-0.1, -0.05) is 36.0 Å². The molecule has 1 N–H and O–H groups in total. The van der Waals surface area contributed by atoms with E-state index < -0.39 is 5.97 Å². The smallest absolute Gasteiger partial charge is 0.341 e. The van der Waals surface area contributed by atoms with Gasteiger partial charge in [-0.25, -0.2) is 14.8 Å². The lowest BCUT2D eigenvalue weighted by atomic mass is 10.1. The second kappa shape index (κ2) is 9.18. The molecular formula is C25H23N3O2S. The first-order valence-corrected chi connectivity index (χ1v) is 10.9. The molecule has 0 saturated heterocycles. The summed E-state index contributed by atoms with van der Waals surface area (Å²) < 4.78 is 5.28. The number of esters is 1. The summed E-state index contributed by atoms with van der Waals surface area (Å²) in [6.45, 7) is 6.05. The molecule has 0 aliphatic heterocycles. The van der Waals surface area contributed by atoms with E-state index in [2.05, 4.69) is 45.6 Å². The Balaban J connectivity index is 1.83. The van der Waals surface area contributed by atoms with Gasteiger partial charge in [0.2, 0.25) is 0 Å². The van der Waals surface area contributed by atoms with E-state index in [-0.39, 0.29) is 0 Å². The molecule has 2 aromatic heterocycles. The maximum Gasteiger partial charge on any atom is 0.341 e. The van der Waals surface area contributed by atoms with E-state index in [0.717, 1.165) is 32.1 Å². The van der Waals surface area contributed by atoms with Crippen molar-refractivity contribution < 1.29 is 9.53 Å². The maximum absolute atomic E-state index is 12.7. The third-order valence-electron chi connectivity index (χ3n) is 4.73. The van der Waals surface area contributed by atoms with Crippen LogP contribution in [-0.4, -0.2) is 22.5 Å². The lowest BCUT2D eigenvalue weighted by Crippen LogP contribution is -2.10. The van der Waals surface area contributed by atoms with Gasteiger partial charge < -0.3 is 10.1 Å². The van der Waals surface area contributed by atoms with Crippen LogP contribution in [0.3, 0.4) is 0 Å². The summed E-state index contributed by atoms with van der Waals surface area (Å²) in [7, 11) is 0. The van der Waals surface area contributed by atoms with Crippen LogP contribution in [0.25, 0.3) is 11.0 Å². The van der Waals surface area contributed by atoms with E-state index in [1.165, 1.54) is 6.20 Å². The van der Waals surface area contributed by atoms with Gasteiger partial charge in [0.05, 0.1) is 18.0 Å². The lowest BCUT2D eigenvalue weighted by Gasteiger charge is -2.17. The summed E-state index contributed by atoms with van der Waals surface area (Å²) >= 11 is 1.66. The molecule has 0 bridgehead atoms. The van der Waals surface area contributed by atoms with Crippen molar-refractivity contribution in [2.45, 2.75) is 30.6 Å². The van der Waals surface area contributed by atoms with E-state index in [1.54, 1.807) is 18.7 Å². The number of carbonyl (C=O) groups is 1. The maximum atomic E-state index is 12.7. The molecule has 2 aromatic carbocycles. The summed E-state index contributed by atoms with van der Waals surface area (Å²) in [4.78, 5) is 23.8. The Morgan fingerprint density at radius 3 is 2.65 bits per heavy atom. The van der Waals surface area contributed by atoms with Crippen LogP contribution >= 0.6 is 11.8 Å². The minimum atomic E-state index is -0.412. The predicted octanol–water partition coefficient (Wildman–Crippen LogP) is 6.32. The number of fused-ring (bicyclic) bond motifs is 1. The number of rotatable bonds is 6. The van der Waals surface area contributed by atoms with E-state index >= 15 is 0 Å². The summed E-state index contributed by atoms with van der Waals surface area (Å²) in [6.07, 6.45) is 1.54. The Hall–Kier alpha value is -3.38. The first-order valence-electron chi connectivity index (χ1n) is 10.1. The normalized spacial score (nSPS) is 10.8. The Labute approximate surface area is 185 Å². The van der Waals surface area contributed by atoms with Crippen molar-refractivity contribution in [1.29, 1.82) is 0 Å². The van der Waals surface area contributed by atoms with Crippen molar-refractivity contribution in [3.8, 4) is 0 Å². The fourth-order valence-corrected chi connectivity index (χ4v) is 4.15. The van der Waals surface area contributed by atoms with Gasteiger partial charge >= 0.3 is 5.97 Å². The van der Waals surface area contributed by atoms with Crippen LogP contribution in [-0.2, 0) is 4.74 Å². The molecule has 156 valence electrons. The molecule has 0 radical (unpaired) electrons. The first kappa shape index (κ1) is 20.9. The quantitative estimate of drug-likeness (QED) is 0.362. The van der Waals surface area contributed by atoms with E-state index in [0.29, 0.717) is 23.5 Å². The number of ether oxygens (including phenoxy) is 1. The molecule has 4 rings (SSSR count). The molecule has 2 heterocycles. The van der Waals surface area contributed by atoms with Crippen LogP contribution in [0.1, 0.15) is 28.5 Å². The third-order valence-corrected chi connectivity index (χ3v) is 5.81. The van der Waals surface area contributed by atoms with Crippen LogP contribution < -0.4 is 5.32 Å². The average molecular weight is 430 g/mol. The Morgan fingerprint density at radius 1 is 1.06 bits per heavy atom. The molecule has 0 fully saturated rings. The van der Waals surface area contributed by atoms with Crippen LogP contribution in [0.2, 0.25) is 0 Å². The zero-order valence-electron chi connectivity index (χ0n) is 17.7. The van der Waals surface area contributed by atoms with Crippen LogP contribution in [0, 0.1) is 13.8 Å². The van der Waals surface area contributed by atoms with Crippen LogP contribution in [0.15, 0.2) is 76.7 Å². The van der Waals surface area contributed by atoms with Crippen LogP contribution in [0.5, 0.6) is 0 Å². The average Bonchev–Trinajstić information content (AvgIpc) is 2.76. The van der Waals surface area contributed by atoms with Gasteiger partial charge in [0, 0.05) is 27.1 Å². The molecule has 0 amide bonds. The van der Waals surface area contributed by atoms with Crippen molar-refractivity contribution in [3.63, 3.8) is 0 Å². The number of aryl methyl sites for hydroxylation is 2. The Bertz CT molecular complexity index is 1240. The monoisotopic (exact) mass is 429 g/mol. The fraction of sp³-hybridized carbons (Fsp3) is 0.160. The van der Waals surface area contributed by atoms with Gasteiger partial charge in [-0.2, -0.15) is 0 Å². The Morgan fingerprint density at radius 2 is 1.87 bits per heavy atom. The number of nitrogens with one attached hydrogen (secondary N) is 1. The molecule has 31 heavy (non-hydrogen) atoms. The zero-order valence-corrected chi connectivity index (χ0v) is 18.5. The number of anilines is 2. The molecule has 0 spiro atoms. The highest BCUT2D eigenvalue weighted by Gasteiger charge is 2.19. The topological polar surface area (TPSA) is 64.1 Å². The summed E-state index contributed by atoms with van der Waals surface area (Å²) in [5, 5.41) is 4.27. The number of carbonyl (C=O) groups excluding carboxylic acids is 1. The van der Waals surface area contributed by atoms with Crippen LogP contribution in [0.4, 0.5) is 11.4 Å². The van der Waals surface area contributed by atoms with Gasteiger partial charge in [-0.3, -0.25) is 0 Å². The number of nitrogens with zero attached hydrogens (tertiary/aromatic N) is 2. The number of aromatic nitrogens is 2. The second-order valence-electron chi connectivity index (χ2n) is 7.13. The largest absolute Gasteiger partial charge is 0.462 e. The SMILES string of the molecule is CCOC(=O)c1cnc2nc(C)ccc2c1Nc1cc(C)ccc1Sc1ccccc1. The third kappa shape index (κ3) is 4.70. The molecule has 0 atom stereocenters. The zero-order chi connectivity index (χ0) is 21.8. The van der Waals surface area contributed by atoms with Crippen molar-refractivity contribution in [1.82, 2.24) is 9.97 Å². The molecule has 0 aliphatic rings. The van der Waals surface area contributed by atoms with Gasteiger partial charge in [-0.05, 0) is 62.7 Å². The van der Waals surface area contributed by atoms with Crippen molar-refractivity contribution in [3.05, 3.63) is 83.7 Å². The highest BCUT2D eigenvalue weighted by atomic mass is 32.2. The Kier molecular flexibility index (Phi) is 6.18. The van der Waals surface area contributed by atoms with E-state index in [9.17, 15) is 4.79 Å². The number of hydrogen-bond acceptors (Lipinski definition) is 6. The second-order valence-corrected chi connectivity index (χ2v) is 8.25. The molecule has 6 heteroatoms. The molecular weight excluding hydrogens is 406 g/mol. The summed E-state index contributed by atoms with van der Waals surface area (Å²) in [5.74, 6) is -0.412. The highest BCUT2D eigenvalue weighted by molar-refractivity contribution is 7.99. The molecule has 0 unspecified atom stereocenters. The van der Waals surface area contributed by atoms with Gasteiger partial charge in [0.15, 0.2) is 5.65 Å². The van der Waals surface area contributed by atoms with Gasteiger partial charge in [0.1, 0.15) is 5.56 Å². The highest BCUT2D eigenvalue weighted by Crippen LogP contribution is 2.37. The van der Waals surface area contributed by atoms with Crippen molar-refractivity contribution in [2.24, 2.45) is 0 Å². The molecule has 5 nitrogen and oxygen atoms in total. The predicted molar refractivity (Wildman–Crippen MR) is 125 cm³/mol. The number of pyridine rings is 2. The molecule has 4 aromatic rings. The summed E-state index contributed by atoms with van der Waals surface area (Å²) in [5.41, 5.74) is 4.51. The molecule has 0 aliphatic carbocycles.